The fourth-order valence-corrected chi connectivity index (χ4v) is 2.68. The minimum Gasteiger partial charge on any atom is -0.468 e. The standard InChI is InChI=1S/C10H15NO3/c1-11-6-3-4-7(11)9(8(12)5-6)10(13)14-2/h6-7,9H,3-5H2,1-2H3/t6-,7-,9+/m0/s1. The zero-order valence-corrected chi connectivity index (χ0v) is 8.53. The highest BCUT2D eigenvalue weighted by Gasteiger charge is 2.48. The van der Waals surface area contributed by atoms with Gasteiger partial charge < -0.3 is 4.74 Å². The van der Waals surface area contributed by atoms with Gasteiger partial charge >= 0.3 is 5.97 Å². The van der Waals surface area contributed by atoms with E-state index in [1.165, 1.54) is 7.11 Å². The second-order valence-electron chi connectivity index (χ2n) is 4.14. The smallest absolute Gasteiger partial charge is 0.317 e. The molecule has 4 heteroatoms. The van der Waals surface area contributed by atoms with E-state index in [9.17, 15) is 9.59 Å². The Morgan fingerprint density at radius 3 is 2.86 bits per heavy atom. The van der Waals surface area contributed by atoms with Crippen LogP contribution < -0.4 is 0 Å². The van der Waals surface area contributed by atoms with Crippen molar-refractivity contribution in [2.75, 3.05) is 14.2 Å². The maximum Gasteiger partial charge on any atom is 0.317 e. The number of rotatable bonds is 1. The Bertz CT molecular complexity index is 277. The summed E-state index contributed by atoms with van der Waals surface area (Å²) in [5, 5.41) is 0. The first-order valence-corrected chi connectivity index (χ1v) is 4.97. The predicted molar refractivity (Wildman–Crippen MR) is 49.7 cm³/mol. The van der Waals surface area contributed by atoms with Gasteiger partial charge in [0.05, 0.1) is 7.11 Å². The molecule has 0 spiro atoms. The Hall–Kier alpha value is -0.900. The number of ketones is 1. The summed E-state index contributed by atoms with van der Waals surface area (Å²) < 4.78 is 4.67. The summed E-state index contributed by atoms with van der Waals surface area (Å²) >= 11 is 0. The topological polar surface area (TPSA) is 46.6 Å². The molecule has 4 nitrogen and oxygen atoms in total. The third kappa shape index (κ3) is 1.25. The number of nitrogens with zero attached hydrogens (tertiary/aromatic N) is 1. The van der Waals surface area contributed by atoms with Gasteiger partial charge in [-0.15, -0.1) is 0 Å². The molecule has 2 bridgehead atoms. The SMILES string of the molecule is COC(=O)[C@H]1C(=O)C[C@@H]2CC[C@@H]1N2C. The third-order valence-electron chi connectivity index (χ3n) is 3.52. The highest BCUT2D eigenvalue weighted by molar-refractivity contribution is 6.00. The van der Waals surface area contributed by atoms with E-state index in [4.69, 9.17) is 0 Å². The molecular formula is C10H15NO3. The molecule has 0 N–H and O–H groups in total. The normalized spacial score (nSPS) is 37.3. The molecule has 78 valence electrons. The van der Waals surface area contributed by atoms with Gasteiger partial charge in [-0.05, 0) is 19.9 Å². The summed E-state index contributed by atoms with van der Waals surface area (Å²) in [5.41, 5.74) is 0. The van der Waals surface area contributed by atoms with Crippen LogP contribution in [0.2, 0.25) is 0 Å². The van der Waals surface area contributed by atoms with Crippen molar-refractivity contribution >= 4 is 11.8 Å². The average molecular weight is 197 g/mol. The monoisotopic (exact) mass is 197 g/mol. The maximum atomic E-state index is 11.7. The first-order valence-electron chi connectivity index (χ1n) is 4.97. The molecule has 3 atom stereocenters. The first kappa shape index (κ1) is 9.65. The molecule has 2 rings (SSSR count). The number of hydrogen-bond acceptors (Lipinski definition) is 4. The molecule has 0 aliphatic carbocycles. The van der Waals surface area contributed by atoms with Crippen LogP contribution in [0.3, 0.4) is 0 Å². The van der Waals surface area contributed by atoms with Gasteiger partial charge in [-0.2, -0.15) is 0 Å². The maximum absolute atomic E-state index is 11.7. The van der Waals surface area contributed by atoms with Crippen LogP contribution in [0.5, 0.6) is 0 Å². The molecule has 2 aliphatic heterocycles. The van der Waals surface area contributed by atoms with Crippen LogP contribution in [-0.4, -0.2) is 42.9 Å². The molecule has 0 aromatic heterocycles. The van der Waals surface area contributed by atoms with Crippen LogP contribution in [0.15, 0.2) is 0 Å². The molecule has 2 aliphatic rings. The van der Waals surface area contributed by atoms with E-state index >= 15 is 0 Å². The Morgan fingerprint density at radius 2 is 2.21 bits per heavy atom. The highest BCUT2D eigenvalue weighted by Crippen LogP contribution is 2.36. The molecular weight excluding hydrogens is 182 g/mol. The molecule has 0 radical (unpaired) electrons. The third-order valence-corrected chi connectivity index (χ3v) is 3.52. The van der Waals surface area contributed by atoms with Gasteiger partial charge in [0, 0.05) is 18.5 Å². The van der Waals surface area contributed by atoms with E-state index < -0.39 is 5.92 Å². The van der Waals surface area contributed by atoms with E-state index in [2.05, 4.69) is 9.64 Å². The number of carbonyl (C=O) groups excluding carboxylic acids is 2. The number of Topliss-reactive ketones (excluding diaryl/α,β-unsaturated/α-hetero) is 1. The van der Waals surface area contributed by atoms with Crippen molar-refractivity contribution in [3.8, 4) is 0 Å². The van der Waals surface area contributed by atoms with Crippen molar-refractivity contribution in [2.45, 2.75) is 31.3 Å². The average Bonchev–Trinajstić information content (AvgIpc) is 2.42. The number of carbonyl (C=O) groups is 2. The number of methoxy groups -OCH3 is 1. The Kier molecular flexibility index (Phi) is 2.31. The van der Waals surface area contributed by atoms with Crippen LogP contribution in [0.4, 0.5) is 0 Å². The Labute approximate surface area is 83.2 Å². The van der Waals surface area contributed by atoms with Crippen molar-refractivity contribution < 1.29 is 14.3 Å². The van der Waals surface area contributed by atoms with Gasteiger partial charge in [0.15, 0.2) is 0 Å². The van der Waals surface area contributed by atoms with E-state index in [-0.39, 0.29) is 17.8 Å². The van der Waals surface area contributed by atoms with Gasteiger partial charge in [-0.25, -0.2) is 0 Å². The van der Waals surface area contributed by atoms with E-state index in [0.717, 1.165) is 12.8 Å². The molecule has 0 aromatic rings. The van der Waals surface area contributed by atoms with Crippen molar-refractivity contribution in [2.24, 2.45) is 5.92 Å². The summed E-state index contributed by atoms with van der Waals surface area (Å²) in [6, 6.07) is 0.433. The van der Waals surface area contributed by atoms with Crippen LogP contribution in [0, 0.1) is 5.92 Å². The van der Waals surface area contributed by atoms with Crippen LogP contribution >= 0.6 is 0 Å². The number of ether oxygens (including phenoxy) is 1. The molecule has 2 heterocycles. The predicted octanol–water partition coefficient (Wildman–Crippen LogP) is 0.211. The number of piperidine rings is 1. The Morgan fingerprint density at radius 1 is 1.50 bits per heavy atom. The lowest BCUT2D eigenvalue weighted by atomic mass is 9.89. The van der Waals surface area contributed by atoms with E-state index in [1.807, 2.05) is 7.05 Å². The summed E-state index contributed by atoms with van der Waals surface area (Å²) in [4.78, 5) is 25.3. The summed E-state index contributed by atoms with van der Waals surface area (Å²) in [6.07, 6.45) is 2.47. The van der Waals surface area contributed by atoms with Crippen LogP contribution in [0.1, 0.15) is 19.3 Å². The fourth-order valence-electron chi connectivity index (χ4n) is 2.68. The zero-order chi connectivity index (χ0) is 10.3. The molecule has 0 saturated carbocycles. The largest absolute Gasteiger partial charge is 0.468 e. The second kappa shape index (κ2) is 3.35. The number of fused-ring (bicyclic) bond motifs is 2. The lowest BCUT2D eigenvalue weighted by molar-refractivity contribution is -0.154. The molecule has 0 aromatic carbocycles. The molecule has 0 amide bonds. The Balaban J connectivity index is 2.22. The number of hydrogen-bond donors (Lipinski definition) is 0. The quantitative estimate of drug-likeness (QED) is 0.445. The van der Waals surface area contributed by atoms with Gasteiger partial charge in [-0.1, -0.05) is 0 Å². The second-order valence-corrected chi connectivity index (χ2v) is 4.14. The van der Waals surface area contributed by atoms with Gasteiger partial charge in [0.1, 0.15) is 11.7 Å². The van der Waals surface area contributed by atoms with E-state index in [0.29, 0.717) is 12.5 Å². The molecule has 2 saturated heterocycles. The minimum atomic E-state index is -0.538. The van der Waals surface area contributed by atoms with Crippen LogP contribution in [0.25, 0.3) is 0 Å². The lowest BCUT2D eigenvalue weighted by Gasteiger charge is -2.34. The van der Waals surface area contributed by atoms with Crippen molar-refractivity contribution in [1.29, 1.82) is 0 Å². The molecule has 0 unspecified atom stereocenters. The molecule has 2 fully saturated rings. The summed E-state index contributed by atoms with van der Waals surface area (Å²) in [5.74, 6) is -0.849. The zero-order valence-electron chi connectivity index (χ0n) is 8.53. The lowest BCUT2D eigenvalue weighted by Crippen LogP contribution is -2.50. The minimum absolute atomic E-state index is 0.0578. The highest BCUT2D eigenvalue weighted by atomic mass is 16.5. The van der Waals surface area contributed by atoms with Gasteiger partial charge in [-0.3, -0.25) is 14.5 Å². The first-order chi connectivity index (χ1) is 6.65. The van der Waals surface area contributed by atoms with Crippen molar-refractivity contribution in [3.05, 3.63) is 0 Å². The van der Waals surface area contributed by atoms with Gasteiger partial charge in [0.2, 0.25) is 0 Å². The van der Waals surface area contributed by atoms with E-state index in [1.54, 1.807) is 0 Å². The fraction of sp³-hybridized carbons (Fsp3) is 0.800. The molecule has 14 heavy (non-hydrogen) atoms. The van der Waals surface area contributed by atoms with Gasteiger partial charge in [0.25, 0.3) is 0 Å². The summed E-state index contributed by atoms with van der Waals surface area (Å²) in [7, 11) is 3.33. The number of esters is 1. The van der Waals surface area contributed by atoms with Crippen molar-refractivity contribution in [1.82, 2.24) is 4.90 Å². The summed E-state index contributed by atoms with van der Waals surface area (Å²) in [6.45, 7) is 0. The van der Waals surface area contributed by atoms with Crippen molar-refractivity contribution in [3.63, 3.8) is 0 Å². The van der Waals surface area contributed by atoms with Crippen LogP contribution in [-0.2, 0) is 14.3 Å².